The van der Waals surface area contributed by atoms with Gasteiger partial charge in [0.15, 0.2) is 0 Å². The van der Waals surface area contributed by atoms with Crippen molar-refractivity contribution in [1.82, 2.24) is 0 Å². The van der Waals surface area contributed by atoms with Gasteiger partial charge in [-0.25, -0.2) is 0 Å². The van der Waals surface area contributed by atoms with Gasteiger partial charge in [-0.15, -0.1) is 0 Å². The molecule has 0 aromatic heterocycles. The highest BCUT2D eigenvalue weighted by Crippen LogP contribution is 2.57. The highest BCUT2D eigenvalue weighted by Gasteiger charge is 2.49. The highest BCUT2D eigenvalue weighted by molar-refractivity contribution is 5.27. The van der Waals surface area contributed by atoms with Crippen molar-refractivity contribution in [3.05, 3.63) is 24.3 Å². The lowest BCUT2D eigenvalue weighted by atomic mass is 9.50. The van der Waals surface area contributed by atoms with Crippen LogP contribution in [0.15, 0.2) is 24.3 Å². The van der Waals surface area contributed by atoms with Crippen molar-refractivity contribution in [3.63, 3.8) is 0 Å². The Morgan fingerprint density at radius 1 is 0.556 bits per heavy atom. The number of hydrogen-bond acceptors (Lipinski definition) is 0. The summed E-state index contributed by atoms with van der Waals surface area (Å²) in [7, 11) is 0. The van der Waals surface area contributed by atoms with Gasteiger partial charge < -0.3 is 0 Å². The average molecular weight is 246 g/mol. The maximum atomic E-state index is 4.47. The van der Waals surface area contributed by atoms with E-state index in [0.717, 1.165) is 23.7 Å². The second-order valence-electron chi connectivity index (χ2n) is 7.22. The molecule has 0 spiro atoms. The van der Waals surface area contributed by atoms with Gasteiger partial charge >= 0.3 is 0 Å². The number of fused-ring (bicyclic) bond motifs is 1. The van der Waals surface area contributed by atoms with Crippen LogP contribution in [0.1, 0.15) is 41.5 Å². The minimum Gasteiger partial charge on any atom is -0.0993 e. The van der Waals surface area contributed by atoms with E-state index in [1.54, 1.807) is 0 Å². The fourth-order valence-electron chi connectivity index (χ4n) is 4.65. The van der Waals surface area contributed by atoms with E-state index in [0.29, 0.717) is 23.7 Å². The molecule has 2 saturated carbocycles. The lowest BCUT2D eigenvalue weighted by molar-refractivity contribution is 0.0240. The van der Waals surface area contributed by atoms with E-state index < -0.39 is 0 Å². The predicted molar refractivity (Wildman–Crippen MR) is 80.2 cm³/mol. The molecule has 2 fully saturated rings. The summed E-state index contributed by atoms with van der Waals surface area (Å²) in [5, 5.41) is 0. The van der Waals surface area contributed by atoms with E-state index in [1.165, 1.54) is 11.1 Å². The Hall–Kier alpha value is -0.520. The van der Waals surface area contributed by atoms with Crippen molar-refractivity contribution >= 4 is 0 Å². The first-order chi connectivity index (χ1) is 8.29. The van der Waals surface area contributed by atoms with Crippen molar-refractivity contribution in [1.29, 1.82) is 0 Å². The molecule has 0 aromatic carbocycles. The van der Waals surface area contributed by atoms with E-state index in [2.05, 4.69) is 54.7 Å². The standard InChI is InChI=1S/C18H30/c1-9-10(2)14(6)18-16(8)12(4)11(3)15(7)17(18)13(9)5/h9-12,15-18H,5-6H2,1-4,7-8H3. The van der Waals surface area contributed by atoms with Crippen LogP contribution in [0.25, 0.3) is 0 Å². The quantitative estimate of drug-likeness (QED) is 0.517. The topological polar surface area (TPSA) is 0 Å². The van der Waals surface area contributed by atoms with Crippen LogP contribution in [0.5, 0.6) is 0 Å². The Labute approximate surface area is 114 Å². The second kappa shape index (κ2) is 4.54. The van der Waals surface area contributed by atoms with Crippen LogP contribution in [0.4, 0.5) is 0 Å². The Balaban J connectivity index is 2.43. The minimum atomic E-state index is 0.606. The van der Waals surface area contributed by atoms with Crippen LogP contribution in [0, 0.1) is 47.3 Å². The van der Waals surface area contributed by atoms with Gasteiger partial charge in [-0.2, -0.15) is 0 Å². The molecule has 0 amide bonds. The summed E-state index contributed by atoms with van der Waals surface area (Å²) in [6.07, 6.45) is 0. The van der Waals surface area contributed by atoms with E-state index in [4.69, 9.17) is 0 Å². The number of hydrogen-bond donors (Lipinski definition) is 0. The average Bonchev–Trinajstić information content (AvgIpc) is 2.35. The van der Waals surface area contributed by atoms with Gasteiger partial charge in [0.1, 0.15) is 0 Å². The molecule has 102 valence electrons. The molecule has 0 saturated heterocycles. The first-order valence-corrected chi connectivity index (χ1v) is 7.66. The molecule has 0 aromatic rings. The summed E-state index contributed by atoms with van der Waals surface area (Å²) in [5.41, 5.74) is 3.00. The summed E-state index contributed by atoms with van der Waals surface area (Å²) in [5.74, 6) is 5.65. The molecule has 2 aliphatic rings. The molecule has 0 N–H and O–H groups in total. The number of allylic oxidation sites excluding steroid dienone is 2. The largest absolute Gasteiger partial charge is 0.0993 e. The molecule has 0 heteroatoms. The molecule has 0 radical (unpaired) electrons. The summed E-state index contributed by atoms with van der Waals surface area (Å²) < 4.78 is 0. The normalized spacial score (nSPS) is 53.2. The van der Waals surface area contributed by atoms with Crippen molar-refractivity contribution < 1.29 is 0 Å². The second-order valence-corrected chi connectivity index (χ2v) is 7.22. The third-order valence-corrected chi connectivity index (χ3v) is 6.78. The van der Waals surface area contributed by atoms with Crippen molar-refractivity contribution in [2.75, 3.05) is 0 Å². The van der Waals surface area contributed by atoms with Gasteiger partial charge in [0, 0.05) is 0 Å². The molecule has 2 rings (SSSR count). The van der Waals surface area contributed by atoms with Crippen LogP contribution in [0.2, 0.25) is 0 Å². The van der Waals surface area contributed by atoms with Crippen LogP contribution in [-0.2, 0) is 0 Å². The third-order valence-electron chi connectivity index (χ3n) is 6.78. The van der Waals surface area contributed by atoms with E-state index in [9.17, 15) is 0 Å². The molecular formula is C18H30. The van der Waals surface area contributed by atoms with E-state index in [1.807, 2.05) is 0 Å². The summed E-state index contributed by atoms with van der Waals surface area (Å²) >= 11 is 0. The highest BCUT2D eigenvalue weighted by atomic mass is 14.5. The molecule has 18 heavy (non-hydrogen) atoms. The fraction of sp³-hybridized carbons (Fsp3) is 0.778. The van der Waals surface area contributed by atoms with Crippen LogP contribution in [-0.4, -0.2) is 0 Å². The van der Waals surface area contributed by atoms with Gasteiger partial charge in [0.05, 0.1) is 0 Å². The van der Waals surface area contributed by atoms with Crippen LogP contribution >= 0.6 is 0 Å². The van der Waals surface area contributed by atoms with E-state index >= 15 is 0 Å². The Morgan fingerprint density at radius 2 is 0.833 bits per heavy atom. The smallest absolute Gasteiger partial charge is 0.0106 e. The zero-order valence-electron chi connectivity index (χ0n) is 13.0. The van der Waals surface area contributed by atoms with Gasteiger partial charge in [-0.1, -0.05) is 65.8 Å². The minimum absolute atomic E-state index is 0.606. The molecule has 2 aliphatic carbocycles. The molecule has 8 unspecified atom stereocenters. The molecule has 0 nitrogen and oxygen atoms in total. The molecule has 0 heterocycles. The summed E-state index contributed by atoms with van der Waals surface area (Å²) in [4.78, 5) is 0. The summed E-state index contributed by atoms with van der Waals surface area (Å²) in [6, 6.07) is 0. The lowest BCUT2D eigenvalue weighted by Crippen LogP contribution is -2.48. The van der Waals surface area contributed by atoms with Gasteiger partial charge in [-0.3, -0.25) is 0 Å². The Bertz CT molecular complexity index is 328. The molecule has 8 atom stereocenters. The SMILES string of the molecule is C=C1C(C)C(C)C(=C)C2C(C)C(C)C(C)C(C)C12. The van der Waals surface area contributed by atoms with E-state index in [-0.39, 0.29) is 0 Å². The fourth-order valence-corrected chi connectivity index (χ4v) is 4.65. The zero-order valence-corrected chi connectivity index (χ0v) is 13.0. The monoisotopic (exact) mass is 246 g/mol. The van der Waals surface area contributed by atoms with Crippen molar-refractivity contribution in [2.24, 2.45) is 47.3 Å². The Morgan fingerprint density at radius 3 is 1.11 bits per heavy atom. The van der Waals surface area contributed by atoms with Crippen LogP contribution in [0.3, 0.4) is 0 Å². The third kappa shape index (κ3) is 1.72. The van der Waals surface area contributed by atoms with Gasteiger partial charge in [-0.05, 0) is 47.3 Å². The van der Waals surface area contributed by atoms with Crippen molar-refractivity contribution in [3.8, 4) is 0 Å². The lowest BCUT2D eigenvalue weighted by Gasteiger charge is -2.55. The first kappa shape index (κ1) is 13.9. The maximum Gasteiger partial charge on any atom is -0.0106 e. The molecule has 0 bridgehead atoms. The first-order valence-electron chi connectivity index (χ1n) is 7.66. The molecule has 0 aliphatic heterocycles. The van der Waals surface area contributed by atoms with Crippen LogP contribution < -0.4 is 0 Å². The van der Waals surface area contributed by atoms with Crippen molar-refractivity contribution in [2.45, 2.75) is 41.5 Å². The predicted octanol–water partition coefficient (Wildman–Crippen LogP) is 5.18. The van der Waals surface area contributed by atoms with Gasteiger partial charge in [0.2, 0.25) is 0 Å². The summed E-state index contributed by atoms with van der Waals surface area (Å²) in [6.45, 7) is 23.4. The molecular weight excluding hydrogens is 216 g/mol. The van der Waals surface area contributed by atoms with Gasteiger partial charge in [0.25, 0.3) is 0 Å². The zero-order chi connectivity index (χ0) is 13.8. The Kier molecular flexibility index (Phi) is 3.51. The number of rotatable bonds is 0. The maximum absolute atomic E-state index is 4.47.